The molecule has 1 aromatic rings. The van der Waals surface area contributed by atoms with Gasteiger partial charge in [0.25, 0.3) is 5.91 Å². The van der Waals surface area contributed by atoms with E-state index in [1.54, 1.807) is 0 Å². The van der Waals surface area contributed by atoms with Crippen LogP contribution in [0.1, 0.15) is 26.2 Å². The van der Waals surface area contributed by atoms with Gasteiger partial charge in [0.1, 0.15) is 12.7 Å². The van der Waals surface area contributed by atoms with Crippen molar-refractivity contribution in [3.8, 4) is 11.5 Å². The van der Waals surface area contributed by atoms with Crippen LogP contribution in [0.15, 0.2) is 24.3 Å². The Labute approximate surface area is 142 Å². The first-order valence-electron chi connectivity index (χ1n) is 8.73. The number of aliphatic hydroxyl groups is 1. The van der Waals surface area contributed by atoms with Gasteiger partial charge in [-0.15, -0.1) is 0 Å². The van der Waals surface area contributed by atoms with Crippen molar-refractivity contribution in [1.29, 1.82) is 0 Å². The summed E-state index contributed by atoms with van der Waals surface area (Å²) >= 11 is 0. The lowest BCUT2D eigenvalue weighted by Crippen LogP contribution is -2.52. The van der Waals surface area contributed by atoms with Crippen LogP contribution in [0.2, 0.25) is 0 Å². The van der Waals surface area contributed by atoms with E-state index in [9.17, 15) is 9.90 Å². The van der Waals surface area contributed by atoms with Crippen molar-refractivity contribution >= 4 is 5.91 Å². The molecule has 6 nitrogen and oxygen atoms in total. The number of ether oxygens (including phenoxy) is 2. The summed E-state index contributed by atoms with van der Waals surface area (Å²) in [5.41, 5.74) is 0. The highest BCUT2D eigenvalue weighted by Gasteiger charge is 2.29. The summed E-state index contributed by atoms with van der Waals surface area (Å²) in [4.78, 5) is 14.4. The van der Waals surface area contributed by atoms with E-state index in [1.165, 1.54) is 6.42 Å². The molecule has 2 aliphatic rings. The molecule has 1 amide bonds. The molecular weight excluding hydrogens is 308 g/mol. The number of likely N-dealkylation sites (tertiary alicyclic amines) is 1. The molecule has 0 spiro atoms. The number of hydrogen-bond donors (Lipinski definition) is 2. The maximum absolute atomic E-state index is 12.2. The lowest BCUT2D eigenvalue weighted by Gasteiger charge is -2.32. The van der Waals surface area contributed by atoms with E-state index >= 15 is 0 Å². The van der Waals surface area contributed by atoms with E-state index in [2.05, 4.69) is 10.2 Å². The zero-order valence-corrected chi connectivity index (χ0v) is 14.1. The van der Waals surface area contributed by atoms with Gasteiger partial charge in [0, 0.05) is 6.54 Å². The minimum atomic E-state index is -1.01. The van der Waals surface area contributed by atoms with Crippen molar-refractivity contribution in [3.05, 3.63) is 24.3 Å². The Balaban J connectivity index is 1.49. The lowest BCUT2D eigenvalue weighted by molar-refractivity contribution is -0.132. The van der Waals surface area contributed by atoms with Crippen molar-refractivity contribution < 1.29 is 19.4 Å². The Bertz CT molecular complexity index is 560. The third-order valence-corrected chi connectivity index (χ3v) is 4.64. The lowest BCUT2D eigenvalue weighted by atomic mass is 10.1. The fourth-order valence-corrected chi connectivity index (χ4v) is 3.17. The highest BCUT2D eigenvalue weighted by molar-refractivity contribution is 5.81. The number of nitrogens with zero attached hydrogens (tertiary/aromatic N) is 1. The van der Waals surface area contributed by atoms with Crippen LogP contribution in [0, 0.1) is 0 Å². The molecule has 24 heavy (non-hydrogen) atoms. The third-order valence-electron chi connectivity index (χ3n) is 4.64. The fraction of sp³-hybridized carbons (Fsp3) is 0.611. The van der Waals surface area contributed by atoms with E-state index in [-0.39, 0.29) is 18.1 Å². The number of benzene rings is 1. The Kier molecular flexibility index (Phi) is 5.58. The smallest absolute Gasteiger partial charge is 0.250 e. The summed E-state index contributed by atoms with van der Waals surface area (Å²) in [5.74, 6) is 1.05. The highest BCUT2D eigenvalue weighted by atomic mass is 16.6. The number of piperidine rings is 1. The van der Waals surface area contributed by atoms with Crippen molar-refractivity contribution in [2.75, 3.05) is 26.2 Å². The van der Waals surface area contributed by atoms with Gasteiger partial charge in [-0.3, -0.25) is 4.79 Å². The largest absolute Gasteiger partial charge is 0.486 e. The number of rotatable bonds is 5. The predicted octanol–water partition coefficient (Wildman–Crippen LogP) is 1.18. The number of para-hydroxylation sites is 2. The zero-order chi connectivity index (χ0) is 16.9. The van der Waals surface area contributed by atoms with Gasteiger partial charge in [-0.1, -0.05) is 18.6 Å². The number of aliphatic hydroxyl groups excluding tert-OH is 1. The molecule has 0 aromatic heterocycles. The van der Waals surface area contributed by atoms with Crippen LogP contribution >= 0.6 is 0 Å². The van der Waals surface area contributed by atoms with Crippen molar-refractivity contribution in [2.24, 2.45) is 0 Å². The zero-order valence-electron chi connectivity index (χ0n) is 14.1. The van der Waals surface area contributed by atoms with Gasteiger partial charge in [0.05, 0.1) is 6.04 Å². The average Bonchev–Trinajstić information content (AvgIpc) is 2.62. The first kappa shape index (κ1) is 17.0. The molecule has 2 aliphatic heterocycles. The number of carbonyl (C=O) groups is 1. The van der Waals surface area contributed by atoms with Crippen LogP contribution in [-0.2, 0) is 4.79 Å². The first-order valence-corrected chi connectivity index (χ1v) is 8.73. The average molecular weight is 334 g/mol. The molecular formula is C18H26N2O4. The van der Waals surface area contributed by atoms with E-state index in [0.29, 0.717) is 18.9 Å². The summed E-state index contributed by atoms with van der Waals surface area (Å²) in [6, 6.07) is 7.24. The molecule has 0 aliphatic carbocycles. The quantitative estimate of drug-likeness (QED) is 0.846. The van der Waals surface area contributed by atoms with Crippen molar-refractivity contribution in [1.82, 2.24) is 10.2 Å². The van der Waals surface area contributed by atoms with Gasteiger partial charge in [0.15, 0.2) is 17.6 Å². The van der Waals surface area contributed by atoms with Crippen LogP contribution in [0.3, 0.4) is 0 Å². The van der Waals surface area contributed by atoms with Gasteiger partial charge >= 0.3 is 0 Å². The number of amides is 1. The summed E-state index contributed by atoms with van der Waals surface area (Å²) in [7, 11) is 0. The highest BCUT2D eigenvalue weighted by Crippen LogP contribution is 2.31. The number of hydrogen-bond acceptors (Lipinski definition) is 5. The first-order chi connectivity index (χ1) is 11.6. The Morgan fingerprint density at radius 1 is 1.29 bits per heavy atom. The molecule has 2 N–H and O–H groups in total. The molecule has 3 rings (SSSR count). The van der Waals surface area contributed by atoms with Gasteiger partial charge in [-0.05, 0) is 45.0 Å². The second kappa shape index (κ2) is 7.85. The molecule has 0 radical (unpaired) electrons. The van der Waals surface area contributed by atoms with E-state index in [1.807, 2.05) is 31.2 Å². The van der Waals surface area contributed by atoms with Gasteiger partial charge in [-0.25, -0.2) is 0 Å². The number of β-amino-alcohol motifs (C(OH)–C–C–N with tert-alkyl or cyclic N) is 1. The molecule has 0 bridgehead atoms. The molecule has 6 heteroatoms. The van der Waals surface area contributed by atoms with Gasteiger partial charge < -0.3 is 24.8 Å². The van der Waals surface area contributed by atoms with Crippen LogP contribution in [0.4, 0.5) is 0 Å². The van der Waals surface area contributed by atoms with Gasteiger partial charge in [-0.2, -0.15) is 0 Å². The van der Waals surface area contributed by atoms with Crippen LogP contribution < -0.4 is 14.8 Å². The molecule has 0 saturated carbocycles. The van der Waals surface area contributed by atoms with Crippen molar-refractivity contribution in [3.63, 3.8) is 0 Å². The molecule has 3 atom stereocenters. The van der Waals surface area contributed by atoms with Crippen LogP contribution in [-0.4, -0.2) is 60.4 Å². The molecule has 132 valence electrons. The second-order valence-electron chi connectivity index (χ2n) is 6.59. The second-order valence-corrected chi connectivity index (χ2v) is 6.59. The normalized spacial score (nSPS) is 23.3. The maximum atomic E-state index is 12.2. The monoisotopic (exact) mass is 334 g/mol. The summed E-state index contributed by atoms with van der Waals surface area (Å²) < 4.78 is 11.6. The standard InChI is InChI=1S/C18H26N2O4/c1-13(17-12-23-15-7-3-4-8-16(15)24-17)19-18(22)14(21)11-20-9-5-2-6-10-20/h3-4,7-8,13-14,17,21H,2,5-6,9-12H2,1H3,(H,19,22). The van der Waals surface area contributed by atoms with Crippen LogP contribution in [0.25, 0.3) is 0 Å². The SMILES string of the molecule is CC(NC(=O)C(O)CN1CCCCC1)C1COc2ccccc2O1. The van der Waals surface area contributed by atoms with E-state index < -0.39 is 6.10 Å². The molecule has 3 unspecified atom stereocenters. The topological polar surface area (TPSA) is 71.0 Å². The fourth-order valence-electron chi connectivity index (χ4n) is 3.17. The Hall–Kier alpha value is -1.79. The van der Waals surface area contributed by atoms with Crippen LogP contribution in [0.5, 0.6) is 11.5 Å². The number of carbonyl (C=O) groups excluding carboxylic acids is 1. The van der Waals surface area contributed by atoms with Gasteiger partial charge in [0.2, 0.25) is 0 Å². The number of fused-ring (bicyclic) bond motifs is 1. The van der Waals surface area contributed by atoms with Crippen molar-refractivity contribution in [2.45, 2.75) is 44.4 Å². The summed E-state index contributed by atoms with van der Waals surface area (Å²) in [6.07, 6.45) is 2.22. The summed E-state index contributed by atoms with van der Waals surface area (Å²) in [6.45, 7) is 4.55. The Morgan fingerprint density at radius 2 is 2.00 bits per heavy atom. The minimum Gasteiger partial charge on any atom is -0.486 e. The maximum Gasteiger partial charge on any atom is 0.250 e. The predicted molar refractivity (Wildman–Crippen MR) is 90.3 cm³/mol. The van der Waals surface area contributed by atoms with E-state index in [0.717, 1.165) is 31.7 Å². The number of nitrogens with one attached hydrogen (secondary N) is 1. The molecule has 1 aromatic carbocycles. The summed E-state index contributed by atoms with van der Waals surface area (Å²) in [5, 5.41) is 13.0. The molecule has 2 heterocycles. The minimum absolute atomic E-state index is 0.248. The molecule has 1 fully saturated rings. The third kappa shape index (κ3) is 4.19. The molecule has 1 saturated heterocycles. The Morgan fingerprint density at radius 3 is 2.75 bits per heavy atom. The van der Waals surface area contributed by atoms with E-state index in [4.69, 9.17) is 9.47 Å².